The van der Waals surface area contributed by atoms with E-state index in [-0.39, 0.29) is 0 Å². The Labute approximate surface area is 116 Å². The van der Waals surface area contributed by atoms with Gasteiger partial charge in [-0.05, 0) is 31.0 Å². The zero-order chi connectivity index (χ0) is 13.9. The van der Waals surface area contributed by atoms with Gasteiger partial charge < -0.3 is 14.6 Å². The predicted molar refractivity (Wildman–Crippen MR) is 77.5 cm³/mol. The molecule has 0 aliphatic heterocycles. The van der Waals surface area contributed by atoms with Gasteiger partial charge in [-0.1, -0.05) is 38.3 Å². The zero-order valence-electron chi connectivity index (χ0n) is 12.1. The van der Waals surface area contributed by atoms with Gasteiger partial charge in [0.2, 0.25) is 0 Å². The van der Waals surface area contributed by atoms with Gasteiger partial charge in [-0.2, -0.15) is 0 Å². The van der Waals surface area contributed by atoms with Crippen molar-refractivity contribution in [2.45, 2.75) is 45.6 Å². The maximum atomic E-state index is 9.98. The van der Waals surface area contributed by atoms with Crippen LogP contribution < -0.4 is 4.74 Å². The van der Waals surface area contributed by atoms with Crippen LogP contribution in [0.25, 0.3) is 0 Å². The van der Waals surface area contributed by atoms with E-state index >= 15 is 0 Å². The number of hydrogen-bond acceptors (Lipinski definition) is 3. The van der Waals surface area contributed by atoms with Crippen molar-refractivity contribution in [3.63, 3.8) is 0 Å². The van der Waals surface area contributed by atoms with Crippen molar-refractivity contribution in [3.05, 3.63) is 29.8 Å². The lowest BCUT2D eigenvalue weighted by atomic mass is 10.1. The van der Waals surface area contributed by atoms with E-state index in [0.717, 1.165) is 24.3 Å². The van der Waals surface area contributed by atoms with Crippen LogP contribution in [0.15, 0.2) is 24.3 Å². The fraction of sp³-hybridized carbons (Fsp3) is 0.625. The summed E-state index contributed by atoms with van der Waals surface area (Å²) >= 11 is 0. The first-order valence-corrected chi connectivity index (χ1v) is 7.26. The summed E-state index contributed by atoms with van der Waals surface area (Å²) in [6.45, 7) is 5.89. The Kier molecular flexibility index (Phi) is 8.26. The average Bonchev–Trinajstić information content (AvgIpc) is 2.43. The summed E-state index contributed by atoms with van der Waals surface area (Å²) in [5, 5.41) is 9.98. The number of rotatable bonds is 10. The Balaban J connectivity index is 2.23. The highest BCUT2D eigenvalue weighted by Gasteiger charge is 2.07. The fourth-order valence-corrected chi connectivity index (χ4v) is 1.87. The van der Waals surface area contributed by atoms with Crippen molar-refractivity contribution in [3.8, 4) is 5.75 Å². The van der Waals surface area contributed by atoms with E-state index < -0.39 is 6.10 Å². The first kappa shape index (κ1) is 16.0. The number of ether oxygens (including phenoxy) is 2. The second kappa shape index (κ2) is 9.82. The molecule has 1 aromatic rings. The van der Waals surface area contributed by atoms with Crippen molar-refractivity contribution in [2.75, 3.05) is 19.8 Å². The second-order valence-electron chi connectivity index (χ2n) is 4.65. The molecule has 19 heavy (non-hydrogen) atoms. The molecular formula is C16H26O3. The summed E-state index contributed by atoms with van der Waals surface area (Å²) in [5.74, 6) is 0.832. The Morgan fingerprint density at radius 3 is 2.42 bits per heavy atom. The summed E-state index contributed by atoms with van der Waals surface area (Å²) < 4.78 is 10.9. The van der Waals surface area contributed by atoms with Crippen LogP contribution >= 0.6 is 0 Å². The minimum Gasteiger partial charge on any atom is -0.494 e. The van der Waals surface area contributed by atoms with Crippen LogP contribution in [-0.4, -0.2) is 24.9 Å². The second-order valence-corrected chi connectivity index (χ2v) is 4.65. The molecular weight excluding hydrogens is 240 g/mol. The van der Waals surface area contributed by atoms with E-state index in [1.54, 1.807) is 0 Å². The first-order valence-electron chi connectivity index (χ1n) is 7.26. The van der Waals surface area contributed by atoms with Crippen LogP contribution in [0.5, 0.6) is 5.75 Å². The standard InChI is InChI=1S/C16H26O3/c1-3-5-6-7-12-18-13-16(17)14-8-10-15(11-9-14)19-4-2/h8-11,16-17H,3-7,12-13H2,1-2H3. The minimum atomic E-state index is -0.554. The van der Waals surface area contributed by atoms with Crippen LogP contribution in [0.1, 0.15) is 51.2 Å². The third kappa shape index (κ3) is 6.60. The van der Waals surface area contributed by atoms with Gasteiger partial charge in [0.1, 0.15) is 11.9 Å². The molecule has 0 radical (unpaired) electrons. The third-order valence-corrected chi connectivity index (χ3v) is 2.99. The molecule has 0 heterocycles. The highest BCUT2D eigenvalue weighted by molar-refractivity contribution is 5.28. The lowest BCUT2D eigenvalue weighted by Crippen LogP contribution is -2.08. The zero-order valence-corrected chi connectivity index (χ0v) is 12.1. The summed E-state index contributed by atoms with van der Waals surface area (Å²) in [4.78, 5) is 0. The summed E-state index contributed by atoms with van der Waals surface area (Å²) in [6.07, 6.45) is 4.21. The highest BCUT2D eigenvalue weighted by Crippen LogP contribution is 2.18. The van der Waals surface area contributed by atoms with Crippen LogP contribution in [0.4, 0.5) is 0 Å². The molecule has 3 heteroatoms. The number of benzene rings is 1. The largest absolute Gasteiger partial charge is 0.494 e. The first-order chi connectivity index (χ1) is 9.27. The molecule has 1 N–H and O–H groups in total. The lowest BCUT2D eigenvalue weighted by Gasteiger charge is -2.12. The summed E-state index contributed by atoms with van der Waals surface area (Å²) in [7, 11) is 0. The number of aliphatic hydroxyl groups is 1. The van der Waals surface area contributed by atoms with Gasteiger partial charge in [0.15, 0.2) is 0 Å². The van der Waals surface area contributed by atoms with E-state index in [0.29, 0.717) is 13.2 Å². The summed E-state index contributed by atoms with van der Waals surface area (Å²) in [6, 6.07) is 7.53. The Hall–Kier alpha value is -1.06. The molecule has 0 fully saturated rings. The minimum absolute atomic E-state index is 0.361. The van der Waals surface area contributed by atoms with Gasteiger partial charge in [0, 0.05) is 6.61 Å². The van der Waals surface area contributed by atoms with Gasteiger partial charge in [-0.15, -0.1) is 0 Å². The Morgan fingerprint density at radius 2 is 1.79 bits per heavy atom. The SMILES string of the molecule is CCCCCCOCC(O)c1ccc(OCC)cc1. The average molecular weight is 266 g/mol. The van der Waals surface area contributed by atoms with E-state index in [2.05, 4.69) is 6.92 Å². The van der Waals surface area contributed by atoms with Crippen molar-refractivity contribution in [1.82, 2.24) is 0 Å². The normalized spacial score (nSPS) is 12.4. The fourth-order valence-electron chi connectivity index (χ4n) is 1.87. The topological polar surface area (TPSA) is 38.7 Å². The Bertz CT molecular complexity index is 321. The van der Waals surface area contributed by atoms with Gasteiger partial charge in [-0.25, -0.2) is 0 Å². The lowest BCUT2D eigenvalue weighted by molar-refractivity contribution is 0.0344. The summed E-state index contributed by atoms with van der Waals surface area (Å²) in [5.41, 5.74) is 0.872. The van der Waals surface area contributed by atoms with Crippen LogP contribution in [0.3, 0.4) is 0 Å². The number of aliphatic hydroxyl groups excluding tert-OH is 1. The molecule has 108 valence electrons. The maximum absolute atomic E-state index is 9.98. The Morgan fingerprint density at radius 1 is 1.05 bits per heavy atom. The quantitative estimate of drug-likeness (QED) is 0.656. The molecule has 0 saturated carbocycles. The molecule has 3 nitrogen and oxygen atoms in total. The number of unbranched alkanes of at least 4 members (excludes halogenated alkanes) is 3. The van der Waals surface area contributed by atoms with Gasteiger partial charge in [0.25, 0.3) is 0 Å². The molecule has 0 spiro atoms. The monoisotopic (exact) mass is 266 g/mol. The number of hydrogen-bond donors (Lipinski definition) is 1. The smallest absolute Gasteiger partial charge is 0.119 e. The van der Waals surface area contributed by atoms with Crippen molar-refractivity contribution in [2.24, 2.45) is 0 Å². The van der Waals surface area contributed by atoms with E-state index in [1.165, 1.54) is 19.3 Å². The third-order valence-electron chi connectivity index (χ3n) is 2.99. The molecule has 1 aromatic carbocycles. The molecule has 0 amide bonds. The van der Waals surface area contributed by atoms with Gasteiger partial charge >= 0.3 is 0 Å². The van der Waals surface area contributed by atoms with E-state index in [1.807, 2.05) is 31.2 Å². The molecule has 1 unspecified atom stereocenters. The van der Waals surface area contributed by atoms with Crippen LogP contribution in [0, 0.1) is 0 Å². The maximum Gasteiger partial charge on any atom is 0.119 e. The van der Waals surface area contributed by atoms with Gasteiger partial charge in [0.05, 0.1) is 13.2 Å². The molecule has 0 aliphatic rings. The van der Waals surface area contributed by atoms with E-state index in [4.69, 9.17) is 9.47 Å². The van der Waals surface area contributed by atoms with Crippen LogP contribution in [0.2, 0.25) is 0 Å². The molecule has 0 aliphatic carbocycles. The van der Waals surface area contributed by atoms with Gasteiger partial charge in [-0.3, -0.25) is 0 Å². The van der Waals surface area contributed by atoms with Crippen molar-refractivity contribution in [1.29, 1.82) is 0 Å². The molecule has 0 aromatic heterocycles. The van der Waals surface area contributed by atoms with Crippen LogP contribution in [-0.2, 0) is 4.74 Å². The molecule has 0 saturated heterocycles. The predicted octanol–water partition coefficient (Wildman–Crippen LogP) is 3.72. The molecule has 1 rings (SSSR count). The molecule has 1 atom stereocenters. The van der Waals surface area contributed by atoms with E-state index in [9.17, 15) is 5.11 Å². The van der Waals surface area contributed by atoms with Crippen molar-refractivity contribution < 1.29 is 14.6 Å². The highest BCUT2D eigenvalue weighted by atomic mass is 16.5. The molecule has 0 bridgehead atoms. The van der Waals surface area contributed by atoms with Crippen molar-refractivity contribution >= 4 is 0 Å².